The number of esters is 1. The zero-order valence-corrected chi connectivity index (χ0v) is 11.7. The lowest BCUT2D eigenvalue weighted by Crippen LogP contribution is -2.23. The van der Waals surface area contributed by atoms with E-state index in [9.17, 15) is 19.8 Å². The van der Waals surface area contributed by atoms with E-state index in [0.29, 0.717) is 0 Å². The van der Waals surface area contributed by atoms with Crippen molar-refractivity contribution in [1.29, 1.82) is 0 Å². The maximum atomic E-state index is 12.0. The molecule has 0 spiro atoms. The molecule has 1 aromatic heterocycles. The van der Waals surface area contributed by atoms with E-state index in [4.69, 9.17) is 0 Å². The SMILES string of the molecule is COC(=O)c1ccc(C(=O)NCc2cccnc2)c(O)c1O. The fourth-order valence-electron chi connectivity index (χ4n) is 1.82. The number of hydrogen-bond acceptors (Lipinski definition) is 6. The van der Waals surface area contributed by atoms with Gasteiger partial charge in [-0.05, 0) is 23.8 Å². The third-order valence-corrected chi connectivity index (χ3v) is 2.98. The first-order valence-corrected chi connectivity index (χ1v) is 6.35. The summed E-state index contributed by atoms with van der Waals surface area (Å²) < 4.78 is 4.46. The van der Waals surface area contributed by atoms with E-state index in [1.807, 2.05) is 0 Å². The summed E-state index contributed by atoms with van der Waals surface area (Å²) in [5, 5.41) is 22.2. The number of phenolic OH excluding ortho intramolecular Hbond substituents is 2. The number of aromatic nitrogens is 1. The smallest absolute Gasteiger partial charge is 0.341 e. The summed E-state index contributed by atoms with van der Waals surface area (Å²) in [6.45, 7) is 0.214. The Morgan fingerprint density at radius 2 is 1.86 bits per heavy atom. The van der Waals surface area contributed by atoms with E-state index < -0.39 is 23.4 Å². The molecule has 7 nitrogen and oxygen atoms in total. The number of carbonyl (C=O) groups is 2. The first kappa shape index (κ1) is 15.3. The van der Waals surface area contributed by atoms with Gasteiger partial charge in [0.1, 0.15) is 5.56 Å². The molecule has 0 radical (unpaired) electrons. The molecule has 114 valence electrons. The highest BCUT2D eigenvalue weighted by Crippen LogP contribution is 2.33. The molecule has 2 rings (SSSR count). The number of hydrogen-bond donors (Lipinski definition) is 3. The average molecular weight is 302 g/mol. The quantitative estimate of drug-likeness (QED) is 0.578. The highest BCUT2D eigenvalue weighted by molar-refractivity contribution is 6.01. The number of benzene rings is 1. The molecule has 1 heterocycles. The summed E-state index contributed by atoms with van der Waals surface area (Å²) in [4.78, 5) is 27.3. The molecule has 1 amide bonds. The van der Waals surface area contributed by atoms with E-state index in [-0.39, 0.29) is 17.7 Å². The van der Waals surface area contributed by atoms with Crippen LogP contribution >= 0.6 is 0 Å². The van der Waals surface area contributed by atoms with Gasteiger partial charge in [-0.3, -0.25) is 9.78 Å². The molecular formula is C15H14N2O5. The fourth-order valence-corrected chi connectivity index (χ4v) is 1.82. The third-order valence-electron chi connectivity index (χ3n) is 2.98. The number of rotatable bonds is 4. The number of carbonyl (C=O) groups excluding carboxylic acids is 2. The summed E-state index contributed by atoms with van der Waals surface area (Å²) in [5.74, 6) is -2.77. The van der Waals surface area contributed by atoms with E-state index in [0.717, 1.165) is 12.7 Å². The molecule has 0 atom stereocenters. The van der Waals surface area contributed by atoms with Gasteiger partial charge < -0.3 is 20.3 Å². The lowest BCUT2D eigenvalue weighted by atomic mass is 10.1. The highest BCUT2D eigenvalue weighted by atomic mass is 16.5. The normalized spacial score (nSPS) is 10.0. The molecule has 2 aromatic rings. The Morgan fingerprint density at radius 3 is 2.50 bits per heavy atom. The molecule has 7 heteroatoms. The minimum Gasteiger partial charge on any atom is -0.504 e. The summed E-state index contributed by atoms with van der Waals surface area (Å²) >= 11 is 0. The van der Waals surface area contributed by atoms with Crippen molar-refractivity contribution in [2.75, 3.05) is 7.11 Å². The fraction of sp³-hybridized carbons (Fsp3) is 0.133. The van der Waals surface area contributed by atoms with Gasteiger partial charge in [-0.2, -0.15) is 0 Å². The Morgan fingerprint density at radius 1 is 1.18 bits per heavy atom. The van der Waals surface area contributed by atoms with Gasteiger partial charge in [0.2, 0.25) is 0 Å². The third kappa shape index (κ3) is 3.14. The summed E-state index contributed by atoms with van der Waals surface area (Å²) in [7, 11) is 1.15. The van der Waals surface area contributed by atoms with Gasteiger partial charge in [0.05, 0.1) is 12.7 Å². The number of pyridine rings is 1. The van der Waals surface area contributed by atoms with Crippen molar-refractivity contribution in [2.45, 2.75) is 6.54 Å². The zero-order chi connectivity index (χ0) is 16.1. The van der Waals surface area contributed by atoms with Crippen LogP contribution in [-0.4, -0.2) is 34.2 Å². The van der Waals surface area contributed by atoms with Crippen molar-refractivity contribution in [1.82, 2.24) is 10.3 Å². The average Bonchev–Trinajstić information content (AvgIpc) is 2.55. The number of ether oxygens (including phenoxy) is 1. The second-order valence-corrected chi connectivity index (χ2v) is 4.39. The topological polar surface area (TPSA) is 109 Å². The van der Waals surface area contributed by atoms with Crippen molar-refractivity contribution in [3.8, 4) is 11.5 Å². The second kappa shape index (κ2) is 6.57. The van der Waals surface area contributed by atoms with Crippen LogP contribution in [0.1, 0.15) is 26.3 Å². The monoisotopic (exact) mass is 302 g/mol. The minimum atomic E-state index is -0.810. The van der Waals surface area contributed by atoms with Crippen LogP contribution in [0.4, 0.5) is 0 Å². The summed E-state index contributed by atoms with van der Waals surface area (Å²) in [6.07, 6.45) is 3.21. The molecular weight excluding hydrogens is 288 g/mol. The van der Waals surface area contributed by atoms with Crippen molar-refractivity contribution < 1.29 is 24.5 Å². The van der Waals surface area contributed by atoms with Crippen LogP contribution < -0.4 is 5.32 Å². The van der Waals surface area contributed by atoms with Gasteiger partial charge >= 0.3 is 5.97 Å². The van der Waals surface area contributed by atoms with Gasteiger partial charge in [0.15, 0.2) is 11.5 Å². The number of amides is 1. The number of phenols is 2. The minimum absolute atomic E-state index is 0.144. The van der Waals surface area contributed by atoms with Gasteiger partial charge in [-0.25, -0.2) is 4.79 Å². The number of methoxy groups -OCH3 is 1. The Balaban J connectivity index is 2.17. The van der Waals surface area contributed by atoms with Crippen LogP contribution in [0.15, 0.2) is 36.7 Å². The molecule has 22 heavy (non-hydrogen) atoms. The van der Waals surface area contributed by atoms with Crippen molar-refractivity contribution >= 4 is 11.9 Å². The van der Waals surface area contributed by atoms with Crippen LogP contribution in [0, 0.1) is 0 Å². The van der Waals surface area contributed by atoms with Crippen molar-refractivity contribution in [2.24, 2.45) is 0 Å². The standard InChI is InChI=1S/C15H14N2O5/c1-22-15(21)11-5-4-10(12(18)13(11)19)14(20)17-8-9-3-2-6-16-7-9/h2-7,18-19H,8H2,1H3,(H,17,20). The van der Waals surface area contributed by atoms with Gasteiger partial charge in [0, 0.05) is 18.9 Å². The molecule has 3 N–H and O–H groups in total. The molecule has 0 bridgehead atoms. The summed E-state index contributed by atoms with van der Waals surface area (Å²) in [5.41, 5.74) is 0.420. The van der Waals surface area contributed by atoms with Gasteiger partial charge in [-0.15, -0.1) is 0 Å². The highest BCUT2D eigenvalue weighted by Gasteiger charge is 2.21. The molecule has 0 saturated carbocycles. The van der Waals surface area contributed by atoms with Gasteiger partial charge in [0.25, 0.3) is 5.91 Å². The number of nitrogens with one attached hydrogen (secondary N) is 1. The van der Waals surface area contributed by atoms with Crippen molar-refractivity contribution in [3.05, 3.63) is 53.3 Å². The number of nitrogens with zero attached hydrogens (tertiary/aromatic N) is 1. The molecule has 0 aliphatic carbocycles. The van der Waals surface area contributed by atoms with Gasteiger partial charge in [-0.1, -0.05) is 6.07 Å². The van der Waals surface area contributed by atoms with Crippen LogP contribution in [0.5, 0.6) is 11.5 Å². The lowest BCUT2D eigenvalue weighted by molar-refractivity contribution is 0.0596. The van der Waals surface area contributed by atoms with Crippen LogP contribution in [0.2, 0.25) is 0 Å². The predicted molar refractivity (Wildman–Crippen MR) is 76.5 cm³/mol. The lowest BCUT2D eigenvalue weighted by Gasteiger charge is -2.10. The molecule has 0 unspecified atom stereocenters. The molecule has 1 aromatic carbocycles. The van der Waals surface area contributed by atoms with Crippen molar-refractivity contribution in [3.63, 3.8) is 0 Å². The van der Waals surface area contributed by atoms with Crippen LogP contribution in [0.25, 0.3) is 0 Å². The zero-order valence-electron chi connectivity index (χ0n) is 11.7. The van der Waals surface area contributed by atoms with Crippen LogP contribution in [-0.2, 0) is 11.3 Å². The van der Waals surface area contributed by atoms with Crippen LogP contribution in [0.3, 0.4) is 0 Å². The summed E-state index contributed by atoms with van der Waals surface area (Å²) in [6, 6.07) is 5.96. The number of aromatic hydroxyl groups is 2. The predicted octanol–water partition coefficient (Wildman–Crippen LogP) is 1.21. The Labute approximate surface area is 126 Å². The Bertz CT molecular complexity index is 701. The molecule has 0 aliphatic heterocycles. The first-order valence-electron chi connectivity index (χ1n) is 6.35. The second-order valence-electron chi connectivity index (χ2n) is 4.39. The van der Waals surface area contributed by atoms with E-state index in [2.05, 4.69) is 15.0 Å². The van der Waals surface area contributed by atoms with E-state index >= 15 is 0 Å². The Hall–Kier alpha value is -3.09. The molecule has 0 saturated heterocycles. The Kier molecular flexibility index (Phi) is 4.57. The maximum Gasteiger partial charge on any atom is 0.341 e. The molecule has 0 fully saturated rings. The largest absolute Gasteiger partial charge is 0.504 e. The first-order chi connectivity index (χ1) is 10.5. The van der Waals surface area contributed by atoms with E-state index in [1.165, 1.54) is 12.1 Å². The molecule has 0 aliphatic rings. The maximum absolute atomic E-state index is 12.0. The van der Waals surface area contributed by atoms with E-state index in [1.54, 1.807) is 24.5 Å².